The molecule has 27 heavy (non-hydrogen) atoms. The molecule has 0 saturated carbocycles. The molecule has 142 valence electrons. The van der Waals surface area contributed by atoms with Crippen LogP contribution in [0.4, 0.5) is 15.4 Å². The van der Waals surface area contributed by atoms with Gasteiger partial charge in [0.2, 0.25) is 0 Å². The van der Waals surface area contributed by atoms with Crippen molar-refractivity contribution in [3.63, 3.8) is 0 Å². The van der Waals surface area contributed by atoms with Gasteiger partial charge in [-0.25, -0.2) is 14.3 Å². The lowest BCUT2D eigenvalue weighted by molar-refractivity contribution is 0.0110. The molecule has 8 heteroatoms. The van der Waals surface area contributed by atoms with E-state index in [1.165, 1.54) is 0 Å². The summed E-state index contributed by atoms with van der Waals surface area (Å²) in [5.41, 5.74) is 2.37. The SMILES string of the molecule is Cc1cc(NC(=O)N2CCC3(CC2)CNC(=O)O3)n(-c2ccccc2C)n1. The summed E-state index contributed by atoms with van der Waals surface area (Å²) >= 11 is 0. The molecule has 4 rings (SSSR count). The number of hydrogen-bond acceptors (Lipinski definition) is 4. The fourth-order valence-corrected chi connectivity index (χ4v) is 3.66. The molecule has 0 radical (unpaired) electrons. The Kier molecular flexibility index (Phi) is 4.25. The molecule has 0 unspecified atom stereocenters. The zero-order valence-electron chi connectivity index (χ0n) is 15.5. The van der Waals surface area contributed by atoms with Crippen molar-refractivity contribution in [2.75, 3.05) is 25.0 Å². The van der Waals surface area contributed by atoms with Gasteiger partial charge in [-0.15, -0.1) is 0 Å². The van der Waals surface area contributed by atoms with Crippen molar-refractivity contribution < 1.29 is 14.3 Å². The van der Waals surface area contributed by atoms with E-state index in [9.17, 15) is 9.59 Å². The number of nitrogens with one attached hydrogen (secondary N) is 2. The quantitative estimate of drug-likeness (QED) is 0.852. The van der Waals surface area contributed by atoms with Crippen LogP contribution in [0.15, 0.2) is 30.3 Å². The predicted octanol–water partition coefficient (Wildman–Crippen LogP) is 2.60. The summed E-state index contributed by atoms with van der Waals surface area (Å²) in [5, 5.41) is 10.2. The van der Waals surface area contributed by atoms with Crippen LogP contribution < -0.4 is 10.6 Å². The number of likely N-dealkylation sites (tertiary alicyclic amines) is 1. The molecular formula is C19H23N5O3. The number of aryl methyl sites for hydroxylation is 2. The van der Waals surface area contributed by atoms with E-state index < -0.39 is 5.60 Å². The first-order valence-electron chi connectivity index (χ1n) is 9.11. The molecule has 0 aliphatic carbocycles. The summed E-state index contributed by atoms with van der Waals surface area (Å²) in [6.45, 7) is 5.51. The maximum Gasteiger partial charge on any atom is 0.407 e. The second-order valence-corrected chi connectivity index (χ2v) is 7.21. The fourth-order valence-electron chi connectivity index (χ4n) is 3.66. The van der Waals surface area contributed by atoms with Crippen LogP contribution in [-0.4, -0.2) is 52.0 Å². The molecule has 2 N–H and O–H groups in total. The molecule has 1 aromatic heterocycles. The summed E-state index contributed by atoms with van der Waals surface area (Å²) in [6, 6.07) is 9.60. The van der Waals surface area contributed by atoms with E-state index in [-0.39, 0.29) is 12.1 Å². The van der Waals surface area contributed by atoms with Crippen molar-refractivity contribution in [1.29, 1.82) is 0 Å². The van der Waals surface area contributed by atoms with Gasteiger partial charge in [0.1, 0.15) is 11.4 Å². The molecular weight excluding hydrogens is 346 g/mol. The number of piperidine rings is 1. The van der Waals surface area contributed by atoms with Gasteiger partial charge >= 0.3 is 12.1 Å². The zero-order chi connectivity index (χ0) is 19.0. The molecule has 0 atom stereocenters. The van der Waals surface area contributed by atoms with E-state index in [1.807, 2.05) is 44.2 Å². The number of rotatable bonds is 2. The third-order valence-corrected chi connectivity index (χ3v) is 5.24. The summed E-state index contributed by atoms with van der Waals surface area (Å²) in [7, 11) is 0. The highest BCUT2D eigenvalue weighted by molar-refractivity contribution is 5.89. The maximum atomic E-state index is 12.8. The van der Waals surface area contributed by atoms with Gasteiger partial charge in [-0.2, -0.15) is 5.10 Å². The average molecular weight is 369 g/mol. The van der Waals surface area contributed by atoms with Gasteiger partial charge in [0.25, 0.3) is 0 Å². The van der Waals surface area contributed by atoms with Crippen molar-refractivity contribution in [3.8, 4) is 5.69 Å². The summed E-state index contributed by atoms with van der Waals surface area (Å²) in [4.78, 5) is 25.9. The van der Waals surface area contributed by atoms with Crippen LogP contribution >= 0.6 is 0 Å². The minimum Gasteiger partial charge on any atom is -0.441 e. The standard InChI is InChI=1S/C19H23N5O3/c1-13-5-3-4-6-15(13)24-16(11-14(2)22-24)21-17(25)23-9-7-19(8-10-23)12-20-18(26)27-19/h3-6,11H,7-10,12H2,1-2H3,(H,20,26)(H,21,25). The molecule has 1 spiro atoms. The number of carbonyl (C=O) groups excluding carboxylic acids is 2. The number of ether oxygens (including phenoxy) is 1. The van der Waals surface area contributed by atoms with Crippen molar-refractivity contribution in [3.05, 3.63) is 41.6 Å². The van der Waals surface area contributed by atoms with Crippen LogP contribution in [0.25, 0.3) is 5.69 Å². The first-order valence-corrected chi connectivity index (χ1v) is 9.11. The number of anilines is 1. The average Bonchev–Trinajstić information content (AvgIpc) is 3.18. The van der Waals surface area contributed by atoms with Gasteiger partial charge in [0.05, 0.1) is 17.9 Å². The van der Waals surface area contributed by atoms with Crippen LogP contribution in [0.1, 0.15) is 24.1 Å². The zero-order valence-corrected chi connectivity index (χ0v) is 15.5. The number of hydrogen-bond donors (Lipinski definition) is 2. The number of carbonyl (C=O) groups is 2. The highest BCUT2D eigenvalue weighted by atomic mass is 16.6. The first-order chi connectivity index (χ1) is 13.0. The molecule has 2 saturated heterocycles. The van der Waals surface area contributed by atoms with E-state index in [1.54, 1.807) is 9.58 Å². The first kappa shape index (κ1) is 17.4. The normalized spacial score (nSPS) is 18.3. The third kappa shape index (κ3) is 3.34. The van der Waals surface area contributed by atoms with E-state index in [2.05, 4.69) is 15.7 Å². The molecule has 2 aliphatic heterocycles. The summed E-state index contributed by atoms with van der Waals surface area (Å²) in [6.07, 6.45) is 0.898. The second kappa shape index (κ2) is 6.61. The molecule has 2 aliphatic rings. The van der Waals surface area contributed by atoms with Crippen LogP contribution in [-0.2, 0) is 4.74 Å². The van der Waals surface area contributed by atoms with E-state index in [0.717, 1.165) is 16.9 Å². The van der Waals surface area contributed by atoms with Crippen molar-refractivity contribution in [2.45, 2.75) is 32.3 Å². The van der Waals surface area contributed by atoms with Gasteiger partial charge in [0.15, 0.2) is 0 Å². The molecule has 2 aromatic rings. The molecule has 0 bridgehead atoms. The number of amides is 3. The Balaban J connectivity index is 1.47. The lowest BCUT2D eigenvalue weighted by Gasteiger charge is -2.37. The van der Waals surface area contributed by atoms with Crippen LogP contribution in [0, 0.1) is 13.8 Å². The van der Waals surface area contributed by atoms with Crippen LogP contribution in [0.5, 0.6) is 0 Å². The highest BCUT2D eigenvalue weighted by Crippen LogP contribution is 2.29. The van der Waals surface area contributed by atoms with Gasteiger partial charge in [0, 0.05) is 32.0 Å². The Labute approximate surface area is 157 Å². The minimum atomic E-state index is -0.465. The fraction of sp³-hybridized carbons (Fsp3) is 0.421. The number of para-hydroxylation sites is 1. The van der Waals surface area contributed by atoms with Crippen molar-refractivity contribution in [2.24, 2.45) is 0 Å². The number of urea groups is 1. The van der Waals surface area contributed by atoms with Crippen LogP contribution in [0.3, 0.4) is 0 Å². The Bertz CT molecular complexity index is 883. The van der Waals surface area contributed by atoms with Gasteiger partial charge < -0.3 is 15.0 Å². The summed E-state index contributed by atoms with van der Waals surface area (Å²) < 4.78 is 7.17. The Hall–Kier alpha value is -3.03. The lowest BCUT2D eigenvalue weighted by Crippen LogP contribution is -2.49. The summed E-state index contributed by atoms with van der Waals surface area (Å²) in [5.74, 6) is 0.640. The molecule has 3 heterocycles. The smallest absolute Gasteiger partial charge is 0.407 e. The lowest BCUT2D eigenvalue weighted by atomic mass is 9.92. The Morgan fingerprint density at radius 2 is 2.00 bits per heavy atom. The second-order valence-electron chi connectivity index (χ2n) is 7.21. The monoisotopic (exact) mass is 369 g/mol. The highest BCUT2D eigenvalue weighted by Gasteiger charge is 2.43. The third-order valence-electron chi connectivity index (χ3n) is 5.24. The van der Waals surface area contributed by atoms with Gasteiger partial charge in [-0.3, -0.25) is 5.32 Å². The molecule has 8 nitrogen and oxygen atoms in total. The van der Waals surface area contributed by atoms with E-state index in [4.69, 9.17) is 4.74 Å². The Morgan fingerprint density at radius 1 is 1.26 bits per heavy atom. The van der Waals surface area contributed by atoms with Crippen molar-refractivity contribution in [1.82, 2.24) is 20.0 Å². The number of aromatic nitrogens is 2. The largest absolute Gasteiger partial charge is 0.441 e. The molecule has 3 amide bonds. The minimum absolute atomic E-state index is 0.170. The number of benzene rings is 1. The van der Waals surface area contributed by atoms with Gasteiger partial charge in [-0.05, 0) is 25.5 Å². The molecule has 2 fully saturated rings. The maximum absolute atomic E-state index is 12.8. The molecule has 1 aromatic carbocycles. The van der Waals surface area contributed by atoms with Crippen LogP contribution in [0.2, 0.25) is 0 Å². The van der Waals surface area contributed by atoms with Crippen molar-refractivity contribution >= 4 is 17.9 Å². The van der Waals surface area contributed by atoms with Gasteiger partial charge in [-0.1, -0.05) is 18.2 Å². The number of alkyl carbamates (subject to hydrolysis) is 1. The Morgan fingerprint density at radius 3 is 2.67 bits per heavy atom. The van der Waals surface area contributed by atoms with E-state index in [0.29, 0.717) is 38.3 Å². The topological polar surface area (TPSA) is 88.5 Å². The number of nitrogens with zero attached hydrogens (tertiary/aromatic N) is 3. The van der Waals surface area contributed by atoms with E-state index >= 15 is 0 Å². The predicted molar refractivity (Wildman–Crippen MR) is 100 cm³/mol.